The van der Waals surface area contributed by atoms with E-state index in [1.54, 1.807) is 7.05 Å². The fraction of sp³-hybridized carbons (Fsp3) is 0.500. The largest absolute Gasteiger partial charge is 0.316 e. The van der Waals surface area contributed by atoms with Crippen LogP contribution in [0.15, 0.2) is 17.0 Å². The first-order chi connectivity index (χ1) is 9.86. The van der Waals surface area contributed by atoms with Gasteiger partial charge in [-0.05, 0) is 24.7 Å². The Bertz CT molecular complexity index is 657. The van der Waals surface area contributed by atoms with Crippen molar-refractivity contribution >= 4 is 32.4 Å². The van der Waals surface area contributed by atoms with Crippen LogP contribution in [0.25, 0.3) is 0 Å². The smallest absolute Gasteiger partial charge is 0.243 e. The molecule has 1 fully saturated rings. The van der Waals surface area contributed by atoms with Gasteiger partial charge in [-0.2, -0.15) is 4.31 Å². The Balaban J connectivity index is 2.38. The Morgan fingerprint density at radius 1 is 1.38 bits per heavy atom. The van der Waals surface area contributed by atoms with E-state index < -0.39 is 26.6 Å². The molecule has 1 aliphatic rings. The minimum absolute atomic E-state index is 0.0805. The van der Waals surface area contributed by atoms with Crippen molar-refractivity contribution in [1.29, 1.82) is 0 Å². The van der Waals surface area contributed by atoms with Crippen molar-refractivity contribution in [1.82, 2.24) is 9.62 Å². The molecule has 0 bridgehead atoms. The van der Waals surface area contributed by atoms with Gasteiger partial charge in [0.05, 0.1) is 9.92 Å². The SMILES string of the molecule is CNCc1cc(S(=O)(=O)N2CCS(=O)CC2)cc(F)c1Cl. The predicted molar refractivity (Wildman–Crippen MR) is 80.8 cm³/mol. The summed E-state index contributed by atoms with van der Waals surface area (Å²) in [4.78, 5) is -0.123. The van der Waals surface area contributed by atoms with Gasteiger partial charge < -0.3 is 5.32 Å². The van der Waals surface area contributed by atoms with Crippen LogP contribution < -0.4 is 5.32 Å². The maximum Gasteiger partial charge on any atom is 0.243 e. The predicted octanol–water partition coefficient (Wildman–Crippen LogP) is 0.952. The normalized spacial score (nSPS) is 18.0. The third kappa shape index (κ3) is 3.62. The first-order valence-electron chi connectivity index (χ1n) is 6.34. The molecule has 0 aliphatic carbocycles. The number of hydrogen-bond acceptors (Lipinski definition) is 4. The van der Waals surface area contributed by atoms with Gasteiger partial charge in [-0.1, -0.05) is 11.6 Å². The first-order valence-corrected chi connectivity index (χ1v) is 9.64. The minimum atomic E-state index is -3.79. The summed E-state index contributed by atoms with van der Waals surface area (Å²) in [5.74, 6) is -0.152. The lowest BCUT2D eigenvalue weighted by molar-refractivity contribution is 0.438. The van der Waals surface area contributed by atoms with E-state index in [1.165, 1.54) is 10.4 Å². The number of sulfonamides is 1. The maximum atomic E-state index is 13.8. The number of halogens is 2. The van der Waals surface area contributed by atoms with Crippen LogP contribution in [0.4, 0.5) is 4.39 Å². The molecule has 0 aromatic heterocycles. The van der Waals surface area contributed by atoms with Crippen molar-refractivity contribution < 1.29 is 17.0 Å². The van der Waals surface area contributed by atoms with Crippen molar-refractivity contribution in [2.45, 2.75) is 11.4 Å². The van der Waals surface area contributed by atoms with Crippen LogP contribution >= 0.6 is 11.6 Å². The Hall–Kier alpha value is -0.540. The molecule has 0 radical (unpaired) electrons. The first kappa shape index (κ1) is 16.8. The summed E-state index contributed by atoms with van der Waals surface area (Å²) >= 11 is 5.84. The highest BCUT2D eigenvalue weighted by Gasteiger charge is 2.29. The molecule has 1 saturated heterocycles. The van der Waals surface area contributed by atoms with Gasteiger partial charge in [-0.25, -0.2) is 12.8 Å². The van der Waals surface area contributed by atoms with Crippen LogP contribution in [-0.2, 0) is 27.4 Å². The summed E-state index contributed by atoms with van der Waals surface area (Å²) in [6.07, 6.45) is 0. The highest BCUT2D eigenvalue weighted by atomic mass is 35.5. The van der Waals surface area contributed by atoms with Gasteiger partial charge in [0.2, 0.25) is 10.0 Å². The van der Waals surface area contributed by atoms with Gasteiger partial charge in [0.15, 0.2) is 0 Å². The monoisotopic (exact) mass is 354 g/mol. The lowest BCUT2D eigenvalue weighted by atomic mass is 10.2. The third-order valence-corrected chi connectivity index (χ3v) is 6.79. The molecule has 2 rings (SSSR count). The van der Waals surface area contributed by atoms with Gasteiger partial charge in [0.1, 0.15) is 5.82 Å². The average Bonchev–Trinajstić information content (AvgIpc) is 2.44. The molecule has 9 heteroatoms. The van der Waals surface area contributed by atoms with Crippen molar-refractivity contribution in [3.8, 4) is 0 Å². The second kappa shape index (κ2) is 6.70. The molecule has 1 aromatic carbocycles. The zero-order chi connectivity index (χ0) is 15.6. The van der Waals surface area contributed by atoms with E-state index in [0.29, 0.717) is 17.1 Å². The molecule has 0 saturated carbocycles. The maximum absolute atomic E-state index is 13.8. The number of nitrogens with one attached hydrogen (secondary N) is 1. The average molecular weight is 355 g/mol. The van der Waals surface area contributed by atoms with Crippen molar-refractivity contribution in [2.24, 2.45) is 0 Å². The Morgan fingerprint density at radius 3 is 2.57 bits per heavy atom. The van der Waals surface area contributed by atoms with E-state index in [2.05, 4.69) is 5.32 Å². The molecule has 118 valence electrons. The third-order valence-electron chi connectivity index (χ3n) is 3.22. The topological polar surface area (TPSA) is 66.5 Å². The highest BCUT2D eigenvalue weighted by molar-refractivity contribution is 7.89. The van der Waals surface area contributed by atoms with Gasteiger partial charge in [-0.3, -0.25) is 4.21 Å². The summed E-state index contributed by atoms with van der Waals surface area (Å²) in [6, 6.07) is 2.31. The molecule has 5 nitrogen and oxygen atoms in total. The molecule has 1 N–H and O–H groups in total. The zero-order valence-corrected chi connectivity index (χ0v) is 13.8. The van der Waals surface area contributed by atoms with E-state index >= 15 is 0 Å². The molecule has 21 heavy (non-hydrogen) atoms. The second-order valence-electron chi connectivity index (χ2n) is 4.66. The lowest BCUT2D eigenvalue weighted by Gasteiger charge is -2.25. The summed E-state index contributed by atoms with van der Waals surface area (Å²) in [7, 11) is -3.11. The van der Waals surface area contributed by atoms with Crippen LogP contribution in [-0.4, -0.2) is 48.6 Å². The van der Waals surface area contributed by atoms with E-state index in [4.69, 9.17) is 11.6 Å². The van der Waals surface area contributed by atoms with E-state index in [1.807, 2.05) is 0 Å². The van der Waals surface area contributed by atoms with E-state index in [9.17, 15) is 17.0 Å². The Labute approximate surface area is 131 Å². The van der Waals surface area contributed by atoms with E-state index in [-0.39, 0.29) is 29.6 Å². The van der Waals surface area contributed by atoms with Crippen LogP contribution in [0, 0.1) is 5.82 Å². The molecular weight excluding hydrogens is 339 g/mol. The molecule has 0 unspecified atom stereocenters. The number of benzene rings is 1. The van der Waals surface area contributed by atoms with Gasteiger partial charge in [0, 0.05) is 41.9 Å². The molecule has 0 atom stereocenters. The van der Waals surface area contributed by atoms with Gasteiger partial charge in [0.25, 0.3) is 0 Å². The van der Waals surface area contributed by atoms with Crippen molar-refractivity contribution in [3.05, 3.63) is 28.5 Å². The van der Waals surface area contributed by atoms with Crippen LogP contribution in [0.5, 0.6) is 0 Å². The molecule has 1 heterocycles. The molecule has 1 aromatic rings. The Morgan fingerprint density at radius 2 is 2.00 bits per heavy atom. The number of nitrogens with zero attached hydrogens (tertiary/aromatic N) is 1. The summed E-state index contributed by atoms with van der Waals surface area (Å²) in [5.41, 5.74) is 0.387. The van der Waals surface area contributed by atoms with Crippen LogP contribution in [0.3, 0.4) is 0 Å². The van der Waals surface area contributed by atoms with Crippen molar-refractivity contribution in [2.75, 3.05) is 31.6 Å². The minimum Gasteiger partial charge on any atom is -0.316 e. The quantitative estimate of drug-likeness (QED) is 0.874. The molecule has 0 spiro atoms. The zero-order valence-electron chi connectivity index (χ0n) is 11.4. The van der Waals surface area contributed by atoms with Crippen LogP contribution in [0.2, 0.25) is 5.02 Å². The van der Waals surface area contributed by atoms with E-state index in [0.717, 1.165) is 6.07 Å². The summed E-state index contributed by atoms with van der Waals surface area (Å²) in [6.45, 7) is 0.629. The molecule has 0 amide bonds. The second-order valence-corrected chi connectivity index (χ2v) is 8.67. The Kier molecular flexibility index (Phi) is 5.37. The summed E-state index contributed by atoms with van der Waals surface area (Å²) < 4.78 is 51.4. The lowest BCUT2D eigenvalue weighted by Crippen LogP contribution is -2.41. The fourth-order valence-corrected chi connectivity index (χ4v) is 5.06. The summed E-state index contributed by atoms with van der Waals surface area (Å²) in [5, 5.41) is 2.74. The van der Waals surface area contributed by atoms with Crippen LogP contribution in [0.1, 0.15) is 5.56 Å². The molecule has 1 aliphatic heterocycles. The fourth-order valence-electron chi connectivity index (χ4n) is 2.10. The molecular formula is C12H16ClFN2O3S2. The van der Waals surface area contributed by atoms with Gasteiger partial charge >= 0.3 is 0 Å². The number of hydrogen-bond donors (Lipinski definition) is 1. The highest BCUT2D eigenvalue weighted by Crippen LogP contribution is 2.26. The van der Waals surface area contributed by atoms with Crippen molar-refractivity contribution in [3.63, 3.8) is 0 Å². The number of rotatable bonds is 4. The van der Waals surface area contributed by atoms with Gasteiger partial charge in [-0.15, -0.1) is 0 Å². The standard InChI is InChI=1S/C12H16ClFN2O3S2/c1-15-8-9-6-10(7-11(14)12(9)13)21(18,19)16-2-4-20(17)5-3-16/h6-7,15H,2-5,8H2,1H3.